The standard InChI is InChI=1S/C18H22N4O/c1-22(13-7-3-2-4-8-13)12-17(23)14(11-19)18-20-15-9-5-6-10-16(15)21-18/h5-6,9-10,13,23H,2-4,7-8,12H2,1H3,(H,20,21)/p+1/b17-14-. The van der Waals surface area contributed by atoms with Gasteiger partial charge in [-0.05, 0) is 37.8 Å². The molecule has 120 valence electrons. The molecule has 5 heteroatoms. The highest BCUT2D eigenvalue weighted by molar-refractivity contribution is 5.82. The molecule has 1 aliphatic carbocycles. The number of hydrogen-bond donors (Lipinski definition) is 3. The second kappa shape index (κ2) is 6.84. The van der Waals surface area contributed by atoms with E-state index in [0.717, 1.165) is 11.0 Å². The summed E-state index contributed by atoms with van der Waals surface area (Å²) in [5.41, 5.74) is 1.92. The number of fused-ring (bicyclic) bond motifs is 1. The topological polar surface area (TPSA) is 77.1 Å². The van der Waals surface area contributed by atoms with Crippen LogP contribution in [-0.2, 0) is 0 Å². The molecular formula is C18H23N4O+. The maximum Gasteiger partial charge on any atom is 0.169 e. The van der Waals surface area contributed by atoms with Gasteiger partial charge in [-0.3, -0.25) is 0 Å². The van der Waals surface area contributed by atoms with Gasteiger partial charge in [0.1, 0.15) is 18.2 Å². The summed E-state index contributed by atoms with van der Waals surface area (Å²) in [6.45, 7) is 0.463. The Bertz CT molecular complexity index is 717. The molecule has 1 atom stereocenters. The molecular weight excluding hydrogens is 288 g/mol. The van der Waals surface area contributed by atoms with Crippen LogP contribution in [0.5, 0.6) is 0 Å². The highest BCUT2D eigenvalue weighted by Gasteiger charge is 2.24. The van der Waals surface area contributed by atoms with E-state index in [1.165, 1.54) is 37.0 Å². The van der Waals surface area contributed by atoms with Gasteiger partial charge in [-0.15, -0.1) is 0 Å². The summed E-state index contributed by atoms with van der Waals surface area (Å²) in [5.74, 6) is 0.567. The highest BCUT2D eigenvalue weighted by Crippen LogP contribution is 2.19. The molecule has 0 saturated heterocycles. The molecule has 23 heavy (non-hydrogen) atoms. The molecule has 1 aromatic heterocycles. The fraction of sp³-hybridized carbons (Fsp3) is 0.444. The zero-order chi connectivity index (χ0) is 16.2. The largest absolute Gasteiger partial charge is 0.506 e. The number of H-pyrrole nitrogens is 1. The summed E-state index contributed by atoms with van der Waals surface area (Å²) in [7, 11) is 2.10. The van der Waals surface area contributed by atoms with E-state index in [0.29, 0.717) is 18.4 Å². The number of nitriles is 1. The fourth-order valence-electron chi connectivity index (χ4n) is 3.42. The van der Waals surface area contributed by atoms with Crippen molar-refractivity contribution >= 4 is 16.6 Å². The second-order valence-electron chi connectivity index (χ2n) is 6.39. The van der Waals surface area contributed by atoms with Crippen molar-refractivity contribution in [3.63, 3.8) is 0 Å². The van der Waals surface area contributed by atoms with Gasteiger partial charge < -0.3 is 15.0 Å². The molecule has 0 bridgehead atoms. The average molecular weight is 311 g/mol. The third-order valence-corrected chi connectivity index (χ3v) is 4.77. The van der Waals surface area contributed by atoms with Crippen molar-refractivity contribution in [2.75, 3.05) is 13.6 Å². The molecule has 1 saturated carbocycles. The Hall–Kier alpha value is -2.32. The third-order valence-electron chi connectivity index (χ3n) is 4.77. The number of nitrogens with zero attached hydrogens (tertiary/aromatic N) is 2. The van der Waals surface area contributed by atoms with E-state index in [-0.39, 0.29) is 11.3 Å². The van der Waals surface area contributed by atoms with Gasteiger partial charge in [0.05, 0.1) is 24.1 Å². The van der Waals surface area contributed by atoms with Crippen LogP contribution in [0.2, 0.25) is 0 Å². The summed E-state index contributed by atoms with van der Waals surface area (Å²) in [4.78, 5) is 8.81. The minimum absolute atomic E-state index is 0.120. The van der Waals surface area contributed by atoms with Crippen molar-refractivity contribution in [1.82, 2.24) is 9.97 Å². The maximum atomic E-state index is 10.5. The number of para-hydroxylation sites is 2. The number of benzene rings is 1. The Morgan fingerprint density at radius 1 is 1.35 bits per heavy atom. The van der Waals surface area contributed by atoms with E-state index in [1.54, 1.807) is 0 Å². The first-order valence-corrected chi connectivity index (χ1v) is 8.28. The van der Waals surface area contributed by atoms with Crippen molar-refractivity contribution in [2.45, 2.75) is 38.1 Å². The Morgan fingerprint density at radius 2 is 2.09 bits per heavy atom. The van der Waals surface area contributed by atoms with Crippen molar-refractivity contribution < 1.29 is 10.0 Å². The van der Waals surface area contributed by atoms with Crippen molar-refractivity contribution in [3.05, 3.63) is 35.8 Å². The average Bonchev–Trinajstić information content (AvgIpc) is 2.99. The molecule has 0 amide bonds. The van der Waals surface area contributed by atoms with E-state index in [9.17, 15) is 10.4 Å². The molecule has 2 aromatic rings. The number of aromatic nitrogens is 2. The van der Waals surface area contributed by atoms with Crippen LogP contribution in [0.25, 0.3) is 16.6 Å². The lowest BCUT2D eigenvalue weighted by atomic mass is 9.94. The van der Waals surface area contributed by atoms with E-state index < -0.39 is 0 Å². The van der Waals surface area contributed by atoms with E-state index in [1.807, 2.05) is 24.3 Å². The first-order chi connectivity index (χ1) is 11.2. The van der Waals surface area contributed by atoms with Crippen LogP contribution in [0.15, 0.2) is 30.0 Å². The first-order valence-electron chi connectivity index (χ1n) is 8.28. The molecule has 0 spiro atoms. The van der Waals surface area contributed by atoms with E-state index in [4.69, 9.17) is 0 Å². The number of rotatable bonds is 4. The van der Waals surface area contributed by atoms with Crippen LogP contribution in [0.1, 0.15) is 37.9 Å². The predicted octanol–water partition coefficient (Wildman–Crippen LogP) is 2.20. The molecule has 1 aliphatic rings. The van der Waals surface area contributed by atoms with E-state index in [2.05, 4.69) is 23.1 Å². The van der Waals surface area contributed by atoms with Gasteiger partial charge in [-0.1, -0.05) is 18.6 Å². The molecule has 5 nitrogen and oxygen atoms in total. The molecule has 1 fully saturated rings. The third kappa shape index (κ3) is 3.38. The number of hydrogen-bond acceptors (Lipinski definition) is 3. The zero-order valence-corrected chi connectivity index (χ0v) is 13.5. The normalized spacial score (nSPS) is 18.4. The first kappa shape index (κ1) is 15.6. The van der Waals surface area contributed by atoms with Gasteiger partial charge in [0, 0.05) is 0 Å². The summed E-state index contributed by atoms with van der Waals surface area (Å²) < 4.78 is 0. The number of imidazole rings is 1. The van der Waals surface area contributed by atoms with Gasteiger partial charge in [0.25, 0.3) is 0 Å². The summed E-state index contributed by atoms with van der Waals surface area (Å²) in [6, 6.07) is 10.3. The van der Waals surface area contributed by atoms with Crippen molar-refractivity contribution in [2.24, 2.45) is 0 Å². The van der Waals surface area contributed by atoms with Crippen LogP contribution in [0.4, 0.5) is 0 Å². The predicted molar refractivity (Wildman–Crippen MR) is 89.9 cm³/mol. The smallest absolute Gasteiger partial charge is 0.169 e. The van der Waals surface area contributed by atoms with Crippen molar-refractivity contribution in [1.29, 1.82) is 5.26 Å². The van der Waals surface area contributed by atoms with Crippen LogP contribution >= 0.6 is 0 Å². The monoisotopic (exact) mass is 311 g/mol. The molecule has 3 rings (SSSR count). The number of aromatic amines is 1. The second-order valence-corrected chi connectivity index (χ2v) is 6.39. The van der Waals surface area contributed by atoms with Crippen LogP contribution in [0.3, 0.4) is 0 Å². The SMILES string of the molecule is C[NH+](C/C(O)=C(\C#N)c1nc2ccccc2[nH]1)C1CCCCC1. The molecule has 3 N–H and O–H groups in total. The number of quaternary nitrogens is 1. The number of aliphatic hydroxyl groups is 1. The molecule has 1 heterocycles. The quantitative estimate of drug-likeness (QED) is 0.598. The minimum Gasteiger partial charge on any atom is -0.506 e. The molecule has 0 aliphatic heterocycles. The molecule has 1 aromatic carbocycles. The number of nitrogens with one attached hydrogen (secondary N) is 2. The zero-order valence-electron chi connectivity index (χ0n) is 13.5. The Labute approximate surface area is 136 Å². The minimum atomic E-state index is 0.120. The molecule has 0 radical (unpaired) electrons. The Morgan fingerprint density at radius 3 is 2.78 bits per heavy atom. The van der Waals surface area contributed by atoms with Crippen molar-refractivity contribution in [3.8, 4) is 6.07 Å². The lowest BCUT2D eigenvalue weighted by Crippen LogP contribution is -3.13. The van der Waals surface area contributed by atoms with Gasteiger partial charge in [-0.2, -0.15) is 5.26 Å². The summed E-state index contributed by atoms with van der Waals surface area (Å²) in [5, 5.41) is 19.9. The highest BCUT2D eigenvalue weighted by atomic mass is 16.3. The summed E-state index contributed by atoms with van der Waals surface area (Å²) >= 11 is 0. The van der Waals surface area contributed by atoms with Crippen LogP contribution < -0.4 is 4.90 Å². The lowest BCUT2D eigenvalue weighted by molar-refractivity contribution is -0.903. The number of likely N-dealkylation sites (N-methyl/N-ethyl adjacent to an activating group) is 1. The lowest BCUT2D eigenvalue weighted by Gasteiger charge is -2.28. The van der Waals surface area contributed by atoms with Gasteiger partial charge in [0.2, 0.25) is 0 Å². The Kier molecular flexibility index (Phi) is 4.63. The Balaban J connectivity index is 1.82. The fourth-order valence-corrected chi connectivity index (χ4v) is 3.42. The van der Waals surface area contributed by atoms with E-state index >= 15 is 0 Å². The van der Waals surface area contributed by atoms with Crippen LogP contribution in [-0.4, -0.2) is 34.7 Å². The maximum absolute atomic E-state index is 10.5. The summed E-state index contributed by atoms with van der Waals surface area (Å²) in [6.07, 6.45) is 6.24. The number of aliphatic hydroxyl groups excluding tert-OH is 1. The van der Waals surface area contributed by atoms with Gasteiger partial charge in [-0.25, -0.2) is 4.98 Å². The van der Waals surface area contributed by atoms with Crippen LogP contribution in [0, 0.1) is 11.3 Å². The van der Waals surface area contributed by atoms with Gasteiger partial charge >= 0.3 is 0 Å². The van der Waals surface area contributed by atoms with Gasteiger partial charge in [0.15, 0.2) is 11.6 Å². The number of allylic oxidation sites excluding steroid dienone is 1. The molecule has 1 unspecified atom stereocenters.